The fourth-order valence-electron chi connectivity index (χ4n) is 8.49. The molecule has 2 heterocycles. The van der Waals surface area contributed by atoms with E-state index in [2.05, 4.69) is 10.3 Å². The number of aliphatic hydroxyl groups excluding tert-OH is 1. The number of hydrogen-bond acceptors (Lipinski definition) is 13. The second-order valence-electron chi connectivity index (χ2n) is 17.2. The summed E-state index contributed by atoms with van der Waals surface area (Å²) in [6.07, 6.45) is 1.46. The molecule has 0 radical (unpaired) electrons. The number of aromatic nitrogens is 2. The van der Waals surface area contributed by atoms with Gasteiger partial charge in [0.15, 0.2) is 6.23 Å². The molecule has 6 rings (SSSR count). The van der Waals surface area contributed by atoms with Gasteiger partial charge in [0.2, 0.25) is 5.91 Å². The molecule has 1 saturated carbocycles. The number of hydrogen-bond donors (Lipinski definition) is 3. The first kappa shape index (κ1) is 50.5. The number of carbonyl (C=O) groups excluding carboxylic acids is 4. The lowest BCUT2D eigenvalue weighted by molar-refractivity contribution is -0.150. The lowest BCUT2D eigenvalue weighted by Crippen LogP contribution is -2.54. The predicted octanol–water partition coefficient (Wildman–Crippen LogP) is 6.09. The lowest BCUT2D eigenvalue weighted by atomic mass is 9.76. The summed E-state index contributed by atoms with van der Waals surface area (Å²) in [5, 5.41) is 13.8. The molecule has 4 aromatic rings. The molecule has 9 atom stereocenters. The Morgan fingerprint density at radius 3 is 1.94 bits per heavy atom. The summed E-state index contributed by atoms with van der Waals surface area (Å²) in [7, 11) is 0. The third-order valence-corrected chi connectivity index (χ3v) is 12.3. The number of amides is 1. The quantitative estimate of drug-likeness (QED) is 0.0437. The van der Waals surface area contributed by atoms with Gasteiger partial charge in [0, 0.05) is 49.8 Å². The van der Waals surface area contributed by atoms with Gasteiger partial charge < -0.3 is 38.8 Å². The number of aliphatic hydroxyl groups is 1. The van der Waals surface area contributed by atoms with E-state index in [1.54, 1.807) is 97.9 Å². The molecule has 3 N–H and O–H groups in total. The van der Waals surface area contributed by atoms with Crippen LogP contribution in [0.1, 0.15) is 115 Å². The van der Waals surface area contributed by atoms with Crippen molar-refractivity contribution in [2.24, 2.45) is 11.8 Å². The minimum atomic E-state index is -0.967. The Hall–Kier alpha value is -5.94. The molecule has 360 valence electrons. The Kier molecular flexibility index (Phi) is 19.0. The Labute approximate surface area is 390 Å². The molecular formula is C51H63N3O13. The molecule has 67 heavy (non-hydrogen) atoms. The van der Waals surface area contributed by atoms with E-state index in [9.17, 15) is 33.9 Å². The van der Waals surface area contributed by atoms with E-state index in [0.29, 0.717) is 80.5 Å². The second kappa shape index (κ2) is 25.3. The van der Waals surface area contributed by atoms with Crippen LogP contribution in [0.5, 0.6) is 0 Å². The molecule has 1 aliphatic heterocycles. The van der Waals surface area contributed by atoms with Crippen LogP contribution in [0.15, 0.2) is 107 Å². The highest BCUT2D eigenvalue weighted by atomic mass is 16.6. The third kappa shape index (κ3) is 14.0. The van der Waals surface area contributed by atoms with Crippen LogP contribution >= 0.6 is 0 Å². The predicted molar refractivity (Wildman–Crippen MR) is 246 cm³/mol. The van der Waals surface area contributed by atoms with E-state index < -0.39 is 83.8 Å². The Morgan fingerprint density at radius 1 is 0.746 bits per heavy atom. The van der Waals surface area contributed by atoms with E-state index in [1.807, 2.05) is 13.8 Å². The van der Waals surface area contributed by atoms with Crippen molar-refractivity contribution in [3.63, 3.8) is 0 Å². The average molecular weight is 926 g/mol. The van der Waals surface area contributed by atoms with E-state index >= 15 is 0 Å². The van der Waals surface area contributed by atoms with Crippen LogP contribution in [0.4, 0.5) is 0 Å². The van der Waals surface area contributed by atoms with Crippen LogP contribution in [0, 0.1) is 18.8 Å². The highest BCUT2D eigenvalue weighted by Gasteiger charge is 2.49. The molecule has 16 nitrogen and oxygen atoms in total. The van der Waals surface area contributed by atoms with Gasteiger partial charge in [-0.1, -0.05) is 81.3 Å². The van der Waals surface area contributed by atoms with E-state index in [4.69, 9.17) is 28.4 Å². The summed E-state index contributed by atoms with van der Waals surface area (Å²) in [6.45, 7) is 6.41. The van der Waals surface area contributed by atoms with E-state index in [1.165, 1.54) is 10.8 Å². The zero-order valence-corrected chi connectivity index (χ0v) is 38.4. The van der Waals surface area contributed by atoms with Crippen molar-refractivity contribution in [3.05, 3.63) is 140 Å². The monoisotopic (exact) mass is 925 g/mol. The number of esters is 3. The summed E-state index contributed by atoms with van der Waals surface area (Å²) < 4.78 is 37.8. The summed E-state index contributed by atoms with van der Waals surface area (Å²) in [5.74, 6) is -2.81. The molecule has 1 aliphatic carbocycles. The molecule has 0 spiro atoms. The third-order valence-electron chi connectivity index (χ3n) is 12.3. The number of aryl methyl sites for hydroxylation is 1. The first-order chi connectivity index (χ1) is 32.4. The highest BCUT2D eigenvalue weighted by Crippen LogP contribution is 2.37. The molecule has 3 aromatic carbocycles. The molecule has 1 aromatic heterocycles. The molecule has 0 bridgehead atoms. The van der Waals surface area contributed by atoms with Crippen LogP contribution in [0.3, 0.4) is 0 Å². The standard InChI is InChI=1S/C51H63N3O13/c1-4-39-42(56)45(47(65-39)54-31-33(2)46(57)53-51(54)61)63-29-18-6-5-17-27-52-41(55)26-16-19-28-62-40-30-38(32-64-48(58)35-20-10-7-11-21-35)44(67-50(60)37-24-14-9-15-25-37)43(34(40)3)66-49(59)36-22-12-8-13-23-36/h7-15,20-25,31,34,38-40,42-45,47,56H,4-6,16-19,26-30,32H2,1-3H3,(H,52,55)(H,53,57,61)/t34-,38+,39+,40+,42?,43+,44-,45-,47+/m0/s1. The number of H-pyrrole nitrogens is 1. The van der Waals surface area contributed by atoms with Gasteiger partial charge in [-0.15, -0.1) is 0 Å². The maximum atomic E-state index is 13.5. The van der Waals surface area contributed by atoms with Gasteiger partial charge in [-0.05, 0) is 81.8 Å². The van der Waals surface area contributed by atoms with E-state index in [0.717, 1.165) is 19.3 Å². The minimum absolute atomic E-state index is 0.0647. The van der Waals surface area contributed by atoms with Crippen molar-refractivity contribution < 1.29 is 52.7 Å². The van der Waals surface area contributed by atoms with Gasteiger partial charge in [0.1, 0.15) is 24.4 Å². The molecule has 1 saturated heterocycles. The lowest BCUT2D eigenvalue weighted by Gasteiger charge is -2.44. The Morgan fingerprint density at radius 2 is 1.31 bits per heavy atom. The van der Waals surface area contributed by atoms with Crippen LogP contribution in [0.25, 0.3) is 0 Å². The number of aromatic amines is 1. The number of unbranched alkanes of at least 4 members (excludes halogenated alkanes) is 4. The number of carbonyl (C=O) groups is 4. The summed E-state index contributed by atoms with van der Waals surface area (Å²) in [6, 6.07) is 25.6. The van der Waals surface area contributed by atoms with Crippen LogP contribution in [-0.2, 0) is 33.2 Å². The van der Waals surface area contributed by atoms with Crippen molar-refractivity contribution >= 4 is 23.8 Å². The molecule has 2 aliphatic rings. The first-order valence-corrected chi connectivity index (χ1v) is 23.3. The topological polar surface area (TPSA) is 211 Å². The largest absolute Gasteiger partial charge is 0.462 e. The van der Waals surface area contributed by atoms with Gasteiger partial charge in [0.05, 0.1) is 35.5 Å². The normalized spacial score (nSPS) is 23.6. The smallest absolute Gasteiger partial charge is 0.338 e. The summed E-state index contributed by atoms with van der Waals surface area (Å²) in [5.41, 5.74) is 0.266. The fourth-order valence-corrected chi connectivity index (χ4v) is 8.49. The molecular weight excluding hydrogens is 863 g/mol. The highest BCUT2D eigenvalue weighted by molar-refractivity contribution is 5.91. The van der Waals surface area contributed by atoms with Crippen LogP contribution in [-0.4, -0.2) is 101 Å². The van der Waals surface area contributed by atoms with Gasteiger partial charge in [-0.2, -0.15) is 0 Å². The Bertz CT molecular complexity index is 2320. The van der Waals surface area contributed by atoms with Crippen molar-refractivity contribution in [2.75, 3.05) is 26.4 Å². The average Bonchev–Trinajstić information content (AvgIpc) is 3.66. The number of nitrogens with zero attached hydrogens (tertiary/aromatic N) is 1. The SMILES string of the molecule is CC[C@H]1O[C@@H](n2cc(C)c(=O)[nH]c2=O)[C@@H](OCCCCCCNC(=O)CCCCO[C@@H]2C[C@H](COC(=O)c3ccccc3)[C@H](OC(=O)c3ccccc3)[C@H](OC(=O)c3ccccc3)[C@H]2C)C1O. The van der Waals surface area contributed by atoms with Gasteiger partial charge in [-0.25, -0.2) is 19.2 Å². The van der Waals surface area contributed by atoms with E-state index in [-0.39, 0.29) is 12.5 Å². The van der Waals surface area contributed by atoms with Crippen LogP contribution in [0.2, 0.25) is 0 Å². The number of ether oxygens (including phenoxy) is 6. The summed E-state index contributed by atoms with van der Waals surface area (Å²) >= 11 is 0. The molecule has 16 heteroatoms. The molecule has 1 amide bonds. The molecule has 1 unspecified atom stereocenters. The Balaban J connectivity index is 0.956. The van der Waals surface area contributed by atoms with Gasteiger partial charge >= 0.3 is 23.6 Å². The minimum Gasteiger partial charge on any atom is -0.462 e. The van der Waals surface area contributed by atoms with Crippen molar-refractivity contribution in [3.8, 4) is 0 Å². The second-order valence-corrected chi connectivity index (χ2v) is 17.2. The summed E-state index contributed by atoms with van der Waals surface area (Å²) in [4.78, 5) is 79.6. The van der Waals surface area contributed by atoms with Crippen molar-refractivity contribution in [1.29, 1.82) is 0 Å². The molecule has 2 fully saturated rings. The van der Waals surface area contributed by atoms with Crippen molar-refractivity contribution in [1.82, 2.24) is 14.9 Å². The zero-order chi connectivity index (χ0) is 47.7. The van der Waals surface area contributed by atoms with Gasteiger partial charge in [-0.3, -0.25) is 19.1 Å². The number of rotatable bonds is 23. The van der Waals surface area contributed by atoms with Gasteiger partial charge in [0.25, 0.3) is 5.56 Å². The zero-order valence-electron chi connectivity index (χ0n) is 38.4. The maximum Gasteiger partial charge on any atom is 0.338 e. The van der Waals surface area contributed by atoms with Crippen LogP contribution < -0.4 is 16.6 Å². The van der Waals surface area contributed by atoms with Crippen molar-refractivity contribution in [2.45, 2.75) is 121 Å². The maximum absolute atomic E-state index is 13.5. The first-order valence-electron chi connectivity index (χ1n) is 23.3. The fraction of sp³-hybridized carbons (Fsp3) is 0.490. The number of benzene rings is 3. The number of nitrogens with one attached hydrogen (secondary N) is 2.